The highest BCUT2D eigenvalue weighted by atomic mass is 32.2. The van der Waals surface area contributed by atoms with Gasteiger partial charge in [-0.3, -0.25) is 4.79 Å². The number of ether oxygens (including phenoxy) is 1. The molecule has 2 atom stereocenters. The van der Waals surface area contributed by atoms with E-state index in [9.17, 15) is 18.0 Å². The fourth-order valence-corrected chi connectivity index (χ4v) is 4.21. The molecule has 2 aliphatic heterocycles. The zero-order valence-electron chi connectivity index (χ0n) is 12.4. The zero-order chi connectivity index (χ0) is 15.6. The second-order valence-corrected chi connectivity index (χ2v) is 7.41. The Kier molecular flexibility index (Phi) is 4.88. The first-order chi connectivity index (χ1) is 9.86. The summed E-state index contributed by atoms with van der Waals surface area (Å²) in [6, 6.07) is -1.24. The van der Waals surface area contributed by atoms with Crippen LogP contribution in [0, 0.1) is 0 Å². The largest absolute Gasteiger partial charge is 0.464 e. The van der Waals surface area contributed by atoms with Gasteiger partial charge in [0.2, 0.25) is 15.9 Å². The van der Waals surface area contributed by atoms with E-state index in [1.165, 1.54) is 9.21 Å². The maximum Gasteiger partial charge on any atom is 0.328 e. The Balaban J connectivity index is 2.13. The Morgan fingerprint density at radius 3 is 2.38 bits per heavy atom. The van der Waals surface area contributed by atoms with Crippen molar-refractivity contribution >= 4 is 21.9 Å². The van der Waals surface area contributed by atoms with Crippen molar-refractivity contribution in [2.75, 3.05) is 26.0 Å². The molecule has 21 heavy (non-hydrogen) atoms. The quantitative estimate of drug-likeness (QED) is 0.679. The summed E-state index contributed by atoms with van der Waals surface area (Å²) in [4.78, 5) is 26.0. The molecular weight excluding hydrogens is 296 g/mol. The Labute approximate surface area is 125 Å². The van der Waals surface area contributed by atoms with Crippen LogP contribution >= 0.6 is 0 Å². The minimum atomic E-state index is -3.40. The molecule has 7 nitrogen and oxygen atoms in total. The maximum absolute atomic E-state index is 12.6. The fraction of sp³-hybridized carbons (Fsp3) is 0.846. The Hall–Kier alpha value is -1.15. The molecule has 0 bridgehead atoms. The summed E-state index contributed by atoms with van der Waals surface area (Å²) in [6.45, 7) is 2.85. The van der Waals surface area contributed by atoms with Gasteiger partial charge in [0.05, 0.1) is 12.9 Å². The number of amides is 1. The van der Waals surface area contributed by atoms with Crippen molar-refractivity contribution in [3.8, 4) is 0 Å². The normalized spacial score (nSPS) is 27.0. The molecule has 0 radical (unpaired) electrons. The third kappa shape index (κ3) is 3.37. The number of hydrogen-bond acceptors (Lipinski definition) is 5. The molecule has 0 aromatic carbocycles. The van der Waals surface area contributed by atoms with Gasteiger partial charge in [0.15, 0.2) is 0 Å². The van der Waals surface area contributed by atoms with E-state index < -0.39 is 28.1 Å². The van der Waals surface area contributed by atoms with Crippen LogP contribution in [0.2, 0.25) is 0 Å². The van der Waals surface area contributed by atoms with E-state index in [4.69, 9.17) is 4.74 Å². The van der Waals surface area contributed by atoms with Gasteiger partial charge in [-0.25, -0.2) is 13.2 Å². The Morgan fingerprint density at radius 2 is 1.76 bits per heavy atom. The van der Waals surface area contributed by atoms with Crippen LogP contribution in [0.5, 0.6) is 0 Å². The first kappa shape index (κ1) is 16.2. The van der Waals surface area contributed by atoms with Crippen LogP contribution in [-0.4, -0.2) is 67.5 Å². The van der Waals surface area contributed by atoms with Crippen LogP contribution in [0.1, 0.15) is 32.6 Å². The number of carbonyl (C=O) groups is 2. The standard InChI is InChI=1S/C13H22N2O5S/c1-3-20-13(17)11-7-4-8-14(11)12(16)10-6-5-9-15(10)21(2,18)19/h10-11H,3-9H2,1-2H3. The molecule has 0 aromatic heterocycles. The van der Waals surface area contributed by atoms with E-state index >= 15 is 0 Å². The summed E-state index contributed by atoms with van der Waals surface area (Å²) in [5, 5.41) is 0. The highest BCUT2D eigenvalue weighted by Gasteiger charge is 2.43. The molecule has 0 saturated carbocycles. The van der Waals surface area contributed by atoms with Gasteiger partial charge >= 0.3 is 5.97 Å². The average molecular weight is 318 g/mol. The SMILES string of the molecule is CCOC(=O)C1CCCN1C(=O)C1CCCN1S(C)(=O)=O. The van der Waals surface area contributed by atoms with Gasteiger partial charge in [0.1, 0.15) is 12.1 Å². The third-order valence-electron chi connectivity index (χ3n) is 4.01. The lowest BCUT2D eigenvalue weighted by Gasteiger charge is -2.29. The van der Waals surface area contributed by atoms with Crippen LogP contribution in [0.25, 0.3) is 0 Å². The number of rotatable bonds is 4. The predicted molar refractivity (Wildman–Crippen MR) is 75.9 cm³/mol. The number of carbonyl (C=O) groups excluding carboxylic acids is 2. The molecule has 2 unspecified atom stereocenters. The molecule has 120 valence electrons. The molecule has 2 aliphatic rings. The zero-order valence-corrected chi connectivity index (χ0v) is 13.3. The molecule has 8 heteroatoms. The van der Waals surface area contributed by atoms with Gasteiger partial charge in [0.25, 0.3) is 0 Å². The number of nitrogens with zero attached hydrogens (tertiary/aromatic N) is 2. The van der Waals surface area contributed by atoms with Crippen molar-refractivity contribution in [3.05, 3.63) is 0 Å². The monoisotopic (exact) mass is 318 g/mol. The van der Waals surface area contributed by atoms with Crippen LogP contribution in [0.4, 0.5) is 0 Å². The van der Waals surface area contributed by atoms with Gasteiger partial charge in [-0.15, -0.1) is 0 Å². The summed E-state index contributed by atoms with van der Waals surface area (Å²) in [6.07, 6.45) is 3.61. The van der Waals surface area contributed by atoms with E-state index in [1.807, 2.05) is 0 Å². The number of hydrogen-bond donors (Lipinski definition) is 0. The molecule has 2 heterocycles. The third-order valence-corrected chi connectivity index (χ3v) is 5.30. The minimum absolute atomic E-state index is 0.270. The Bertz CT molecular complexity index is 519. The van der Waals surface area contributed by atoms with Crippen molar-refractivity contribution in [1.82, 2.24) is 9.21 Å². The van der Waals surface area contributed by atoms with Crippen LogP contribution in [0.15, 0.2) is 0 Å². The van der Waals surface area contributed by atoms with Gasteiger partial charge < -0.3 is 9.64 Å². The van der Waals surface area contributed by atoms with Crippen LogP contribution in [-0.2, 0) is 24.3 Å². The first-order valence-corrected chi connectivity index (χ1v) is 9.15. The van der Waals surface area contributed by atoms with E-state index in [0.29, 0.717) is 32.4 Å². The van der Waals surface area contributed by atoms with Crippen LogP contribution in [0.3, 0.4) is 0 Å². The van der Waals surface area contributed by atoms with E-state index in [1.54, 1.807) is 6.92 Å². The highest BCUT2D eigenvalue weighted by Crippen LogP contribution is 2.26. The molecule has 2 rings (SSSR count). The predicted octanol–water partition coefficient (Wildman–Crippen LogP) is -0.0355. The number of likely N-dealkylation sites (tertiary alicyclic amines) is 1. The topological polar surface area (TPSA) is 84.0 Å². The molecule has 1 amide bonds. The molecule has 0 spiro atoms. The van der Waals surface area contributed by atoms with E-state index in [-0.39, 0.29) is 12.5 Å². The summed E-state index contributed by atoms with van der Waals surface area (Å²) in [7, 11) is -3.40. The Morgan fingerprint density at radius 1 is 1.14 bits per heavy atom. The van der Waals surface area contributed by atoms with Crippen molar-refractivity contribution in [3.63, 3.8) is 0 Å². The van der Waals surface area contributed by atoms with Gasteiger partial charge in [-0.1, -0.05) is 0 Å². The summed E-state index contributed by atoms with van der Waals surface area (Å²) in [5.74, 6) is -0.666. The van der Waals surface area contributed by atoms with Crippen molar-refractivity contribution in [2.24, 2.45) is 0 Å². The second-order valence-electron chi connectivity index (χ2n) is 5.47. The first-order valence-electron chi connectivity index (χ1n) is 7.30. The summed E-state index contributed by atoms with van der Waals surface area (Å²) >= 11 is 0. The lowest BCUT2D eigenvalue weighted by molar-refractivity contribution is -0.153. The molecular formula is C13H22N2O5S. The van der Waals surface area contributed by atoms with Crippen molar-refractivity contribution in [1.29, 1.82) is 0 Å². The maximum atomic E-state index is 12.6. The lowest BCUT2D eigenvalue weighted by Crippen LogP contribution is -2.51. The second kappa shape index (κ2) is 6.31. The van der Waals surface area contributed by atoms with Gasteiger partial charge in [-0.05, 0) is 32.6 Å². The number of esters is 1. The van der Waals surface area contributed by atoms with Crippen molar-refractivity contribution in [2.45, 2.75) is 44.7 Å². The number of sulfonamides is 1. The van der Waals surface area contributed by atoms with E-state index in [0.717, 1.165) is 12.7 Å². The summed E-state index contributed by atoms with van der Waals surface area (Å²) < 4.78 is 29.7. The van der Waals surface area contributed by atoms with Gasteiger partial charge in [0, 0.05) is 13.1 Å². The lowest BCUT2D eigenvalue weighted by atomic mass is 10.1. The van der Waals surface area contributed by atoms with E-state index in [2.05, 4.69) is 0 Å². The molecule has 0 N–H and O–H groups in total. The molecule has 2 saturated heterocycles. The molecule has 0 aliphatic carbocycles. The minimum Gasteiger partial charge on any atom is -0.464 e. The molecule has 0 aromatic rings. The average Bonchev–Trinajstić information content (AvgIpc) is 3.06. The van der Waals surface area contributed by atoms with Crippen LogP contribution < -0.4 is 0 Å². The molecule has 2 fully saturated rings. The van der Waals surface area contributed by atoms with Crippen molar-refractivity contribution < 1.29 is 22.7 Å². The van der Waals surface area contributed by atoms with Gasteiger partial charge in [-0.2, -0.15) is 4.31 Å². The smallest absolute Gasteiger partial charge is 0.328 e. The highest BCUT2D eigenvalue weighted by molar-refractivity contribution is 7.88. The fourth-order valence-electron chi connectivity index (χ4n) is 3.09. The summed E-state index contributed by atoms with van der Waals surface area (Å²) in [5.41, 5.74) is 0.